The van der Waals surface area contributed by atoms with Crippen LogP contribution < -0.4 is 4.57 Å². The van der Waals surface area contributed by atoms with Gasteiger partial charge >= 0.3 is 0 Å². The van der Waals surface area contributed by atoms with Gasteiger partial charge in [-0.25, -0.2) is 4.57 Å². The maximum absolute atomic E-state index is 4.45. The molecule has 0 amide bonds. The summed E-state index contributed by atoms with van der Waals surface area (Å²) >= 11 is 0. The van der Waals surface area contributed by atoms with Crippen LogP contribution in [0.25, 0.3) is 46.3 Å². The number of rotatable bonds is 8. The van der Waals surface area contributed by atoms with Gasteiger partial charge in [0.2, 0.25) is 0 Å². The molecule has 0 aliphatic heterocycles. The minimum absolute atomic E-state index is 0. The summed E-state index contributed by atoms with van der Waals surface area (Å²) in [5.74, 6) is 0. The first-order valence-corrected chi connectivity index (χ1v) is 16.4. The van der Waals surface area contributed by atoms with Crippen LogP contribution in [0.5, 0.6) is 0 Å². The number of hydrogen-bond donors (Lipinski definition) is 0. The Morgan fingerprint density at radius 2 is 0.920 bits per heavy atom. The maximum atomic E-state index is 4.45. The zero-order valence-electron chi connectivity index (χ0n) is 28.3. The Kier molecular flexibility index (Phi) is 15.4. The number of nitrogens with zero attached hydrogens (tertiary/aromatic N) is 7. The fraction of sp³-hybridized carbons (Fsp3) is 0.119. The van der Waals surface area contributed by atoms with Gasteiger partial charge in [-0.1, -0.05) is 49.8 Å². The van der Waals surface area contributed by atoms with E-state index in [4.69, 9.17) is 0 Å². The first-order chi connectivity index (χ1) is 24.2. The standard InChI is InChI=1S/C22H24N3.2C10H8N2.Os/c1-3-4-13-25-14-9-19(10-15-25)5-6-20-8-12-24-22(17-20)21-16-18(2)7-11-23-21;2*1-3-7-11-9(5-1)10-6-2-4-8-12-10;/h5-12,14-17H,3-4,13H2,1-2H3;2*1-8H;/q+1;;;/b6-5+;;;. The van der Waals surface area contributed by atoms with Crippen LogP contribution in [0, 0.1) is 6.92 Å². The molecule has 0 aliphatic carbocycles. The van der Waals surface area contributed by atoms with Gasteiger partial charge in [-0.3, -0.25) is 29.9 Å². The van der Waals surface area contributed by atoms with Crippen molar-refractivity contribution in [3.63, 3.8) is 0 Å². The van der Waals surface area contributed by atoms with Gasteiger partial charge in [0.15, 0.2) is 12.4 Å². The molecule has 0 aliphatic rings. The van der Waals surface area contributed by atoms with Gasteiger partial charge in [0, 0.05) is 75.5 Å². The fourth-order valence-corrected chi connectivity index (χ4v) is 4.69. The Labute approximate surface area is 308 Å². The molecule has 0 aromatic carbocycles. The minimum atomic E-state index is 0. The molecular weight excluding hydrogens is 793 g/mol. The summed E-state index contributed by atoms with van der Waals surface area (Å²) in [4.78, 5) is 25.6. The molecule has 0 fully saturated rings. The van der Waals surface area contributed by atoms with Crippen LogP contribution in [-0.2, 0) is 26.3 Å². The molecule has 0 radical (unpaired) electrons. The van der Waals surface area contributed by atoms with E-state index in [0.29, 0.717) is 0 Å². The summed E-state index contributed by atoms with van der Waals surface area (Å²) in [5, 5.41) is 0. The van der Waals surface area contributed by atoms with E-state index in [-0.39, 0.29) is 19.8 Å². The van der Waals surface area contributed by atoms with Crippen molar-refractivity contribution >= 4 is 12.2 Å². The first-order valence-electron chi connectivity index (χ1n) is 16.4. The van der Waals surface area contributed by atoms with Crippen LogP contribution >= 0.6 is 0 Å². The van der Waals surface area contributed by atoms with E-state index in [2.05, 4.69) is 97.1 Å². The van der Waals surface area contributed by atoms with Crippen molar-refractivity contribution in [2.24, 2.45) is 0 Å². The molecule has 250 valence electrons. The van der Waals surface area contributed by atoms with Crippen molar-refractivity contribution < 1.29 is 24.4 Å². The van der Waals surface area contributed by atoms with Crippen molar-refractivity contribution in [1.82, 2.24) is 29.9 Å². The van der Waals surface area contributed by atoms with Gasteiger partial charge < -0.3 is 0 Å². The molecule has 0 N–H and O–H groups in total. The molecule has 50 heavy (non-hydrogen) atoms. The van der Waals surface area contributed by atoms with Crippen LogP contribution in [0.2, 0.25) is 0 Å². The minimum Gasteiger partial charge on any atom is -0.255 e. The second kappa shape index (κ2) is 20.7. The summed E-state index contributed by atoms with van der Waals surface area (Å²) < 4.78 is 2.23. The van der Waals surface area contributed by atoms with Crippen molar-refractivity contribution in [2.75, 3.05) is 0 Å². The summed E-state index contributed by atoms with van der Waals surface area (Å²) in [7, 11) is 0. The molecule has 7 heterocycles. The van der Waals surface area contributed by atoms with Crippen LogP contribution in [0.4, 0.5) is 0 Å². The van der Waals surface area contributed by atoms with Crippen LogP contribution in [0.15, 0.2) is 159 Å². The third-order valence-electron chi connectivity index (χ3n) is 7.30. The van der Waals surface area contributed by atoms with Gasteiger partial charge in [-0.05, 0) is 96.4 Å². The van der Waals surface area contributed by atoms with Crippen molar-refractivity contribution in [3.8, 4) is 34.2 Å². The summed E-state index contributed by atoms with van der Waals surface area (Å²) in [5.41, 5.74) is 8.97. The van der Waals surface area contributed by atoms with E-state index in [1.54, 1.807) is 24.8 Å². The number of unbranched alkanes of at least 4 members (excludes halogenated alkanes) is 1. The Morgan fingerprint density at radius 1 is 0.480 bits per heavy atom. The molecule has 7 rings (SSSR count). The Bertz CT molecular complexity index is 1840. The number of pyridine rings is 7. The number of hydrogen-bond acceptors (Lipinski definition) is 6. The van der Waals surface area contributed by atoms with Crippen LogP contribution in [0.1, 0.15) is 36.5 Å². The number of aryl methyl sites for hydroxylation is 2. The van der Waals surface area contributed by atoms with E-state index < -0.39 is 0 Å². The Hall–Kier alpha value is -5.57. The molecule has 0 unspecified atom stereocenters. The SMILES string of the molecule is CCCC[n+]1ccc(/C=C/c2ccnc(-c3cc(C)ccn3)c2)cc1.[Os].c1ccc(-c2ccccn2)nc1.c1ccc(-c2ccccn2)nc1. The summed E-state index contributed by atoms with van der Waals surface area (Å²) in [6.07, 6.45) is 21.7. The molecule has 0 saturated heterocycles. The summed E-state index contributed by atoms with van der Waals surface area (Å²) in [6.45, 7) is 5.36. The normalized spacial score (nSPS) is 10.2. The summed E-state index contributed by atoms with van der Waals surface area (Å²) in [6, 6.07) is 35.6. The zero-order chi connectivity index (χ0) is 33.9. The quantitative estimate of drug-likeness (QED) is 0.142. The van der Waals surface area contributed by atoms with E-state index in [9.17, 15) is 0 Å². The predicted octanol–water partition coefficient (Wildman–Crippen LogP) is 8.99. The van der Waals surface area contributed by atoms with Gasteiger partial charge in [0.25, 0.3) is 0 Å². The molecule has 7 aromatic heterocycles. The first kappa shape index (κ1) is 37.2. The topological polar surface area (TPSA) is 81.2 Å². The Balaban J connectivity index is 0.000000187. The Morgan fingerprint density at radius 3 is 1.36 bits per heavy atom. The van der Waals surface area contributed by atoms with Gasteiger partial charge in [0.05, 0.1) is 34.2 Å². The van der Waals surface area contributed by atoms with Crippen molar-refractivity contribution in [2.45, 2.75) is 33.2 Å². The van der Waals surface area contributed by atoms with Crippen LogP contribution in [-0.4, -0.2) is 29.9 Å². The largest absolute Gasteiger partial charge is 0.255 e. The molecule has 8 heteroatoms. The monoisotopic (exact) mass is 834 g/mol. The van der Waals surface area contributed by atoms with Crippen molar-refractivity contribution in [1.29, 1.82) is 0 Å². The average molecular weight is 833 g/mol. The van der Waals surface area contributed by atoms with E-state index in [1.165, 1.54) is 24.0 Å². The van der Waals surface area contributed by atoms with Crippen molar-refractivity contribution in [3.05, 3.63) is 175 Å². The molecule has 0 spiro atoms. The second-order valence-corrected chi connectivity index (χ2v) is 11.1. The van der Waals surface area contributed by atoms with Gasteiger partial charge in [-0.15, -0.1) is 0 Å². The maximum Gasteiger partial charge on any atom is 0.169 e. The third-order valence-corrected chi connectivity index (χ3v) is 7.30. The fourth-order valence-electron chi connectivity index (χ4n) is 4.69. The van der Waals surface area contributed by atoms with Gasteiger partial charge in [0.1, 0.15) is 6.54 Å². The smallest absolute Gasteiger partial charge is 0.169 e. The molecule has 7 nitrogen and oxygen atoms in total. The molecule has 7 aromatic rings. The molecular formula is C42H40N7Os+. The van der Waals surface area contributed by atoms with E-state index >= 15 is 0 Å². The predicted molar refractivity (Wildman–Crippen MR) is 198 cm³/mol. The van der Waals surface area contributed by atoms with E-state index in [0.717, 1.165) is 46.3 Å². The van der Waals surface area contributed by atoms with E-state index in [1.807, 2.05) is 97.3 Å². The van der Waals surface area contributed by atoms with Gasteiger partial charge in [-0.2, -0.15) is 0 Å². The third kappa shape index (κ3) is 12.1. The molecule has 0 atom stereocenters. The molecule has 0 bridgehead atoms. The molecule has 0 saturated carbocycles. The second-order valence-electron chi connectivity index (χ2n) is 11.1. The van der Waals surface area contributed by atoms with Crippen LogP contribution in [0.3, 0.4) is 0 Å². The number of aromatic nitrogens is 7. The average Bonchev–Trinajstić information content (AvgIpc) is 3.19. The zero-order valence-corrected chi connectivity index (χ0v) is 30.8.